The first-order chi connectivity index (χ1) is 13.5. The summed E-state index contributed by atoms with van der Waals surface area (Å²) in [6.07, 6.45) is 17.1. The molecule has 4 saturated carbocycles. The van der Waals surface area contributed by atoms with Gasteiger partial charge in [-0.15, -0.1) is 0 Å². The van der Waals surface area contributed by atoms with Crippen molar-refractivity contribution in [2.75, 3.05) is 6.54 Å². The molecule has 0 aliphatic heterocycles. The van der Waals surface area contributed by atoms with Gasteiger partial charge in [0.05, 0.1) is 0 Å². The number of carboxylic acids is 1. The van der Waals surface area contributed by atoms with Gasteiger partial charge in [-0.25, -0.2) is 4.79 Å². The maximum Gasteiger partial charge on any atom is 0.315 e. The molecule has 5 nitrogen and oxygen atoms in total. The van der Waals surface area contributed by atoms with Gasteiger partial charge in [0, 0.05) is 18.5 Å². The maximum atomic E-state index is 12.4. The summed E-state index contributed by atoms with van der Waals surface area (Å²) in [5.41, 5.74) is 0.804. The Labute approximate surface area is 169 Å². The van der Waals surface area contributed by atoms with Crippen molar-refractivity contribution in [3.8, 4) is 0 Å². The molecule has 0 radical (unpaired) electrons. The predicted molar refractivity (Wildman–Crippen MR) is 109 cm³/mol. The van der Waals surface area contributed by atoms with Crippen LogP contribution in [-0.4, -0.2) is 29.2 Å². The van der Waals surface area contributed by atoms with Gasteiger partial charge >= 0.3 is 12.0 Å². The molecule has 3 N–H and O–H groups in total. The largest absolute Gasteiger partial charge is 0.481 e. The lowest BCUT2D eigenvalue weighted by Crippen LogP contribution is -2.60. The van der Waals surface area contributed by atoms with Crippen LogP contribution in [0.1, 0.15) is 96.3 Å². The monoisotopic (exact) mass is 390 g/mol. The lowest BCUT2D eigenvalue weighted by Gasteiger charge is -2.66. The molecule has 0 heterocycles. The third-order valence-electron chi connectivity index (χ3n) is 8.57. The summed E-state index contributed by atoms with van der Waals surface area (Å²) in [5.74, 6) is 2.16. The van der Waals surface area contributed by atoms with Crippen molar-refractivity contribution < 1.29 is 14.7 Å². The highest BCUT2D eigenvalue weighted by Crippen LogP contribution is 2.82. The van der Waals surface area contributed by atoms with Crippen LogP contribution in [0, 0.1) is 23.2 Å². The molecule has 28 heavy (non-hydrogen) atoms. The smallest absolute Gasteiger partial charge is 0.315 e. The standard InChI is InChI=1S/C23H38N2O3/c26-20(27)10-8-6-4-2-1-3-5-7-9-11-24-21(28)25-22-14-18-12-17-13-19(15-22)23(17,18)16-22/h17-19H,1-16H2,(H,26,27)(H2,24,25,28). The van der Waals surface area contributed by atoms with Crippen molar-refractivity contribution in [2.24, 2.45) is 23.2 Å². The fourth-order valence-corrected chi connectivity index (χ4v) is 7.35. The van der Waals surface area contributed by atoms with Crippen molar-refractivity contribution in [1.29, 1.82) is 0 Å². The molecule has 4 fully saturated rings. The van der Waals surface area contributed by atoms with Gasteiger partial charge in [0.1, 0.15) is 0 Å². The highest BCUT2D eigenvalue weighted by atomic mass is 16.4. The number of carbonyl (C=O) groups excluding carboxylic acids is 1. The van der Waals surface area contributed by atoms with Crippen molar-refractivity contribution in [2.45, 2.75) is 102 Å². The summed E-state index contributed by atoms with van der Waals surface area (Å²) < 4.78 is 0. The Morgan fingerprint density at radius 1 is 0.821 bits per heavy atom. The zero-order valence-corrected chi connectivity index (χ0v) is 17.3. The molecule has 2 amide bonds. The Balaban J connectivity index is 0.981. The van der Waals surface area contributed by atoms with E-state index in [1.807, 2.05) is 0 Å². The van der Waals surface area contributed by atoms with Crippen LogP contribution < -0.4 is 10.6 Å². The zero-order chi connectivity index (χ0) is 19.6. The van der Waals surface area contributed by atoms with Crippen LogP contribution >= 0.6 is 0 Å². The number of hydrogen-bond donors (Lipinski definition) is 3. The highest BCUT2D eigenvalue weighted by molar-refractivity contribution is 5.75. The van der Waals surface area contributed by atoms with Gasteiger partial charge in [0.15, 0.2) is 0 Å². The summed E-state index contributed by atoms with van der Waals surface area (Å²) in [7, 11) is 0. The number of unbranched alkanes of at least 4 members (excludes halogenated alkanes) is 8. The Kier molecular flexibility index (Phi) is 5.89. The lowest BCUT2D eigenvalue weighted by molar-refractivity contribution is -0.175. The number of fused-ring (bicyclic) bond motifs is 1. The van der Waals surface area contributed by atoms with Crippen molar-refractivity contribution in [1.82, 2.24) is 10.6 Å². The van der Waals surface area contributed by atoms with Gasteiger partial charge < -0.3 is 15.7 Å². The normalized spacial score (nSPS) is 36.4. The third-order valence-corrected chi connectivity index (χ3v) is 8.57. The number of rotatable bonds is 13. The molecule has 158 valence electrons. The lowest BCUT2D eigenvalue weighted by atomic mass is 9.38. The van der Waals surface area contributed by atoms with E-state index in [2.05, 4.69) is 10.6 Å². The average molecular weight is 391 g/mol. The van der Waals surface area contributed by atoms with E-state index >= 15 is 0 Å². The first-order valence-electron chi connectivity index (χ1n) is 11.8. The van der Waals surface area contributed by atoms with E-state index in [9.17, 15) is 9.59 Å². The van der Waals surface area contributed by atoms with Crippen LogP contribution in [0.15, 0.2) is 0 Å². The Bertz CT molecular complexity index is 574. The SMILES string of the molecule is O=C(O)CCCCCCCCCCCNC(=O)NC12CC3CC4CC(C1)C43C2. The van der Waals surface area contributed by atoms with Crippen molar-refractivity contribution >= 4 is 12.0 Å². The number of carbonyl (C=O) groups is 2. The minimum atomic E-state index is -0.680. The van der Waals surface area contributed by atoms with E-state index in [1.165, 1.54) is 64.2 Å². The maximum absolute atomic E-state index is 12.4. The van der Waals surface area contributed by atoms with Crippen molar-refractivity contribution in [3.63, 3.8) is 0 Å². The number of carboxylic acid groups (broad SMARTS) is 1. The summed E-state index contributed by atoms with van der Waals surface area (Å²) in [4.78, 5) is 22.8. The molecule has 4 aliphatic rings. The summed E-state index contributed by atoms with van der Waals surface area (Å²) in [6.45, 7) is 0.789. The number of aliphatic carboxylic acids is 1. The first-order valence-corrected chi connectivity index (χ1v) is 11.8. The second-order valence-corrected chi connectivity index (χ2v) is 10.2. The fourth-order valence-electron chi connectivity index (χ4n) is 7.35. The van der Waals surface area contributed by atoms with Gasteiger partial charge in [-0.05, 0) is 68.1 Å². The number of hydrogen-bond acceptors (Lipinski definition) is 2. The van der Waals surface area contributed by atoms with E-state index in [0.717, 1.165) is 50.0 Å². The van der Waals surface area contributed by atoms with Crippen molar-refractivity contribution in [3.05, 3.63) is 0 Å². The van der Waals surface area contributed by atoms with Crippen LogP contribution in [0.25, 0.3) is 0 Å². The van der Waals surface area contributed by atoms with E-state index in [1.54, 1.807) is 0 Å². The second-order valence-electron chi connectivity index (χ2n) is 10.2. The molecule has 5 heteroatoms. The van der Waals surface area contributed by atoms with E-state index in [4.69, 9.17) is 5.11 Å². The Morgan fingerprint density at radius 3 is 1.93 bits per heavy atom. The van der Waals surface area contributed by atoms with E-state index in [-0.39, 0.29) is 11.6 Å². The Morgan fingerprint density at radius 2 is 1.39 bits per heavy atom. The summed E-state index contributed by atoms with van der Waals surface area (Å²) in [5, 5.41) is 15.1. The minimum absolute atomic E-state index is 0.0666. The van der Waals surface area contributed by atoms with E-state index in [0.29, 0.717) is 11.8 Å². The molecular formula is C23H38N2O3. The van der Waals surface area contributed by atoms with Gasteiger partial charge in [0.25, 0.3) is 0 Å². The first kappa shape index (κ1) is 20.0. The van der Waals surface area contributed by atoms with Gasteiger partial charge in [0.2, 0.25) is 0 Å². The second kappa shape index (κ2) is 8.23. The fraction of sp³-hybridized carbons (Fsp3) is 0.913. The molecule has 0 aromatic rings. The molecule has 0 aromatic heterocycles. The number of nitrogens with one attached hydrogen (secondary N) is 2. The van der Waals surface area contributed by atoms with Crippen LogP contribution in [0.5, 0.6) is 0 Å². The average Bonchev–Trinajstić information content (AvgIpc) is 3.09. The molecule has 2 unspecified atom stereocenters. The molecule has 4 aliphatic carbocycles. The summed E-state index contributed by atoms with van der Waals surface area (Å²) >= 11 is 0. The molecule has 2 bridgehead atoms. The van der Waals surface area contributed by atoms with Crippen LogP contribution in [0.4, 0.5) is 4.79 Å². The molecule has 0 aromatic carbocycles. The highest BCUT2D eigenvalue weighted by Gasteiger charge is 2.77. The predicted octanol–water partition coefficient (Wildman–Crippen LogP) is 4.85. The van der Waals surface area contributed by atoms with Gasteiger partial charge in [-0.1, -0.05) is 44.9 Å². The van der Waals surface area contributed by atoms with Crippen LogP contribution in [-0.2, 0) is 4.79 Å². The van der Waals surface area contributed by atoms with E-state index < -0.39 is 5.97 Å². The topological polar surface area (TPSA) is 78.4 Å². The van der Waals surface area contributed by atoms with Crippen LogP contribution in [0.3, 0.4) is 0 Å². The molecular weight excluding hydrogens is 352 g/mol. The Hall–Kier alpha value is -1.26. The number of amides is 2. The molecule has 4 rings (SSSR count). The third kappa shape index (κ3) is 3.78. The molecule has 1 spiro atoms. The molecule has 0 saturated heterocycles. The minimum Gasteiger partial charge on any atom is -0.481 e. The van der Waals surface area contributed by atoms with Crippen LogP contribution in [0.2, 0.25) is 0 Å². The molecule has 2 atom stereocenters. The summed E-state index contributed by atoms with van der Waals surface area (Å²) in [6, 6.07) is 0.0666. The van der Waals surface area contributed by atoms with Gasteiger partial charge in [-0.2, -0.15) is 0 Å². The quantitative estimate of drug-likeness (QED) is 0.393. The number of urea groups is 1. The zero-order valence-electron chi connectivity index (χ0n) is 17.3. The van der Waals surface area contributed by atoms with Gasteiger partial charge in [-0.3, -0.25) is 4.79 Å².